The molecule has 3 amide bonds. The second kappa shape index (κ2) is 9.15. The van der Waals surface area contributed by atoms with E-state index in [9.17, 15) is 27.6 Å². The van der Waals surface area contributed by atoms with Crippen LogP contribution in [-0.2, 0) is 11.3 Å². The number of hydrogen-bond donors (Lipinski definition) is 1. The molecule has 1 aliphatic rings. The molecule has 0 radical (unpaired) electrons. The van der Waals surface area contributed by atoms with Crippen molar-refractivity contribution in [1.82, 2.24) is 15.2 Å². The van der Waals surface area contributed by atoms with Crippen molar-refractivity contribution in [3.05, 3.63) is 58.8 Å². The lowest BCUT2D eigenvalue weighted by Crippen LogP contribution is -2.32. The molecule has 2 heterocycles. The molecule has 1 aromatic heterocycles. The maximum absolute atomic E-state index is 12.4. The Morgan fingerprint density at radius 1 is 1.16 bits per heavy atom. The number of aromatic nitrogens is 1. The van der Waals surface area contributed by atoms with E-state index in [0.29, 0.717) is 16.7 Å². The van der Waals surface area contributed by atoms with Gasteiger partial charge in [0.05, 0.1) is 11.1 Å². The number of rotatable bonds is 8. The number of aryl methyl sites for hydroxylation is 1. The van der Waals surface area contributed by atoms with Crippen LogP contribution in [0.2, 0.25) is 0 Å². The van der Waals surface area contributed by atoms with Gasteiger partial charge in [0.25, 0.3) is 11.8 Å². The number of carbonyl (C=O) groups is 3. The third-order valence-electron chi connectivity index (χ3n) is 4.61. The van der Waals surface area contributed by atoms with Crippen LogP contribution in [0, 0.1) is 6.92 Å². The first-order valence-electron chi connectivity index (χ1n) is 9.52. The minimum atomic E-state index is -4.50. The van der Waals surface area contributed by atoms with E-state index in [2.05, 4.69) is 15.0 Å². The Balaban J connectivity index is 1.48. The van der Waals surface area contributed by atoms with E-state index in [0.717, 1.165) is 10.5 Å². The highest BCUT2D eigenvalue weighted by molar-refractivity contribution is 6.21. The predicted octanol–water partition coefficient (Wildman–Crippen LogP) is 3.02. The van der Waals surface area contributed by atoms with E-state index in [1.54, 1.807) is 18.2 Å². The number of imide groups is 1. The molecule has 7 nitrogen and oxygen atoms in total. The van der Waals surface area contributed by atoms with Gasteiger partial charge >= 0.3 is 6.18 Å². The number of hydrogen-bond acceptors (Lipinski definition) is 5. The minimum absolute atomic E-state index is 0.0332. The Morgan fingerprint density at radius 2 is 1.90 bits per heavy atom. The Morgan fingerprint density at radius 3 is 2.65 bits per heavy atom. The Bertz CT molecular complexity index is 1010. The molecule has 31 heavy (non-hydrogen) atoms. The number of nitrogens with zero attached hydrogens (tertiary/aromatic N) is 2. The van der Waals surface area contributed by atoms with E-state index in [1.165, 1.54) is 18.3 Å². The third-order valence-corrected chi connectivity index (χ3v) is 4.61. The fourth-order valence-corrected chi connectivity index (χ4v) is 3.13. The fourth-order valence-electron chi connectivity index (χ4n) is 3.13. The molecule has 1 N–H and O–H groups in total. The largest absolute Gasteiger partial charge is 0.468 e. The van der Waals surface area contributed by atoms with Crippen molar-refractivity contribution in [2.24, 2.45) is 0 Å². The Labute approximate surface area is 176 Å². The van der Waals surface area contributed by atoms with Gasteiger partial charge in [0.2, 0.25) is 11.8 Å². The molecule has 1 aromatic carbocycles. The minimum Gasteiger partial charge on any atom is -0.468 e. The van der Waals surface area contributed by atoms with E-state index >= 15 is 0 Å². The van der Waals surface area contributed by atoms with Crippen LogP contribution in [0.3, 0.4) is 0 Å². The summed E-state index contributed by atoms with van der Waals surface area (Å²) in [7, 11) is 0. The van der Waals surface area contributed by atoms with Gasteiger partial charge in [0.15, 0.2) is 6.61 Å². The molecule has 164 valence electrons. The molecule has 0 saturated heterocycles. The third kappa shape index (κ3) is 5.59. The number of halogens is 3. The molecule has 0 bridgehead atoms. The number of amides is 3. The first kappa shape index (κ1) is 22.3. The van der Waals surface area contributed by atoms with E-state index in [-0.39, 0.29) is 49.5 Å². The van der Waals surface area contributed by atoms with Crippen LogP contribution in [0.25, 0.3) is 0 Å². The summed E-state index contributed by atoms with van der Waals surface area (Å²) in [6.07, 6.45) is -2.92. The normalized spacial score (nSPS) is 13.4. The molecular formula is C21H20F3N3O4. The van der Waals surface area contributed by atoms with E-state index < -0.39 is 12.8 Å². The molecule has 0 saturated carbocycles. The number of nitrogens with one attached hydrogen (secondary N) is 1. The Kier molecular flexibility index (Phi) is 6.57. The molecule has 0 unspecified atom stereocenters. The van der Waals surface area contributed by atoms with Crippen molar-refractivity contribution in [1.29, 1.82) is 0 Å². The number of fused-ring (bicyclic) bond motifs is 1. The molecule has 0 fully saturated rings. The summed E-state index contributed by atoms with van der Waals surface area (Å²) in [5.41, 5.74) is 1.88. The number of carbonyl (C=O) groups excluding carboxylic acids is 3. The average Bonchev–Trinajstić information content (AvgIpc) is 2.95. The van der Waals surface area contributed by atoms with Crippen LogP contribution in [0.15, 0.2) is 36.5 Å². The van der Waals surface area contributed by atoms with E-state index in [4.69, 9.17) is 0 Å². The van der Waals surface area contributed by atoms with Crippen LogP contribution in [0.5, 0.6) is 5.88 Å². The lowest BCUT2D eigenvalue weighted by molar-refractivity contribution is -0.154. The van der Waals surface area contributed by atoms with Gasteiger partial charge in [-0.05, 0) is 31.5 Å². The Hall–Kier alpha value is -3.43. The topological polar surface area (TPSA) is 88.6 Å². The molecule has 2 aromatic rings. The number of pyridine rings is 1. The van der Waals surface area contributed by atoms with Crippen LogP contribution >= 0.6 is 0 Å². The standard InChI is InChI=1S/C21H20F3N3O4/c1-13-6-7-15-16(10-13)20(30)27(19(15)29)9-3-5-17(28)26-11-14-4-2-8-25-18(14)31-12-21(22,23)24/h2,4,6-8,10H,3,5,9,11-12H2,1H3,(H,26,28). The van der Waals surface area contributed by atoms with Gasteiger partial charge in [-0.2, -0.15) is 13.2 Å². The van der Waals surface area contributed by atoms with Gasteiger partial charge in [-0.1, -0.05) is 17.7 Å². The SMILES string of the molecule is Cc1ccc2c(c1)C(=O)N(CCCC(=O)NCc1cccnc1OCC(F)(F)F)C2=O. The molecule has 0 spiro atoms. The quantitative estimate of drug-likeness (QED) is 0.644. The second-order valence-corrected chi connectivity index (χ2v) is 7.06. The second-order valence-electron chi connectivity index (χ2n) is 7.06. The van der Waals surface area contributed by atoms with Crippen molar-refractivity contribution in [3.8, 4) is 5.88 Å². The fraction of sp³-hybridized carbons (Fsp3) is 0.333. The van der Waals surface area contributed by atoms with E-state index in [1.807, 2.05) is 6.92 Å². The summed E-state index contributed by atoms with van der Waals surface area (Å²) in [6, 6.07) is 8.05. The maximum atomic E-state index is 12.4. The molecule has 10 heteroatoms. The van der Waals surface area contributed by atoms with Crippen molar-refractivity contribution < 1.29 is 32.3 Å². The highest BCUT2D eigenvalue weighted by atomic mass is 19.4. The van der Waals surface area contributed by atoms with Gasteiger partial charge in [-0.25, -0.2) is 4.98 Å². The van der Waals surface area contributed by atoms with Crippen molar-refractivity contribution in [2.75, 3.05) is 13.2 Å². The van der Waals surface area contributed by atoms with Crippen molar-refractivity contribution in [3.63, 3.8) is 0 Å². The van der Waals surface area contributed by atoms with Crippen LogP contribution in [-0.4, -0.2) is 46.9 Å². The highest BCUT2D eigenvalue weighted by Gasteiger charge is 2.35. The molecule has 3 rings (SSSR count). The lowest BCUT2D eigenvalue weighted by Gasteiger charge is -2.14. The van der Waals surface area contributed by atoms with Crippen LogP contribution < -0.4 is 10.1 Å². The number of ether oxygens (including phenoxy) is 1. The summed E-state index contributed by atoms with van der Waals surface area (Å²) in [5, 5.41) is 2.58. The zero-order valence-corrected chi connectivity index (χ0v) is 16.7. The van der Waals surface area contributed by atoms with Crippen molar-refractivity contribution >= 4 is 17.7 Å². The van der Waals surface area contributed by atoms with Gasteiger partial charge in [-0.15, -0.1) is 0 Å². The number of benzene rings is 1. The number of alkyl halides is 3. The molecular weight excluding hydrogens is 415 g/mol. The van der Waals surface area contributed by atoms with Gasteiger partial charge in [-0.3, -0.25) is 19.3 Å². The average molecular weight is 435 g/mol. The summed E-state index contributed by atoms with van der Waals surface area (Å²) < 4.78 is 41.7. The monoisotopic (exact) mass is 435 g/mol. The van der Waals surface area contributed by atoms with Gasteiger partial charge < -0.3 is 10.1 Å². The highest BCUT2D eigenvalue weighted by Crippen LogP contribution is 2.24. The van der Waals surface area contributed by atoms with Crippen LogP contribution in [0.1, 0.15) is 44.7 Å². The zero-order chi connectivity index (χ0) is 22.6. The first-order valence-corrected chi connectivity index (χ1v) is 9.52. The van der Waals surface area contributed by atoms with Crippen molar-refractivity contribution in [2.45, 2.75) is 32.5 Å². The maximum Gasteiger partial charge on any atom is 0.422 e. The van der Waals surface area contributed by atoms with Gasteiger partial charge in [0, 0.05) is 31.3 Å². The molecule has 0 aliphatic carbocycles. The molecule has 0 atom stereocenters. The summed E-state index contributed by atoms with van der Waals surface area (Å²) in [5.74, 6) is -1.35. The van der Waals surface area contributed by atoms with Gasteiger partial charge in [0.1, 0.15) is 0 Å². The smallest absolute Gasteiger partial charge is 0.422 e. The zero-order valence-electron chi connectivity index (χ0n) is 16.7. The summed E-state index contributed by atoms with van der Waals surface area (Å²) in [6.45, 7) is 0.370. The molecule has 1 aliphatic heterocycles. The summed E-state index contributed by atoms with van der Waals surface area (Å²) >= 11 is 0. The summed E-state index contributed by atoms with van der Waals surface area (Å²) in [4.78, 5) is 41.8. The predicted molar refractivity (Wildman–Crippen MR) is 103 cm³/mol. The lowest BCUT2D eigenvalue weighted by atomic mass is 10.1. The van der Waals surface area contributed by atoms with Crippen LogP contribution in [0.4, 0.5) is 13.2 Å². The first-order chi connectivity index (χ1) is 14.7.